The number of nitrogens with zero attached hydrogens (tertiary/aromatic N) is 2. The fraction of sp³-hybridized carbons (Fsp3) is 0.394. The first-order valence-corrected chi connectivity index (χ1v) is 13.9. The van der Waals surface area contributed by atoms with Gasteiger partial charge in [0.25, 0.3) is 0 Å². The minimum atomic E-state index is -0.796. The third kappa shape index (κ3) is 6.87. The number of aliphatic carboxylic acids is 1. The monoisotopic (exact) mass is 528 g/mol. The molecule has 0 spiro atoms. The average molecular weight is 529 g/mol. The number of carbonyl (C=O) groups excluding carboxylic acids is 1. The summed E-state index contributed by atoms with van der Waals surface area (Å²) in [6.07, 6.45) is 3.34. The van der Waals surface area contributed by atoms with Crippen molar-refractivity contribution in [1.82, 2.24) is 9.80 Å². The lowest BCUT2D eigenvalue weighted by atomic mass is 9.70. The van der Waals surface area contributed by atoms with Gasteiger partial charge in [-0.3, -0.25) is 9.59 Å². The number of hydrogen-bond donors (Lipinski definition) is 1. The fourth-order valence-electron chi connectivity index (χ4n) is 5.78. The first-order valence-electron chi connectivity index (χ1n) is 13.9. The molecule has 0 aromatic heterocycles. The lowest BCUT2D eigenvalue weighted by molar-refractivity contribution is -0.137. The minimum absolute atomic E-state index is 0.101. The molecule has 1 heterocycles. The fourth-order valence-corrected chi connectivity index (χ4v) is 5.78. The summed E-state index contributed by atoms with van der Waals surface area (Å²) in [4.78, 5) is 28.9. The van der Waals surface area contributed by atoms with Crippen LogP contribution in [0.1, 0.15) is 54.7 Å². The van der Waals surface area contributed by atoms with Crippen LogP contribution in [0.4, 0.5) is 0 Å². The number of likely N-dealkylation sites (N-methyl/N-ethyl adjacent to an activating group) is 1. The highest BCUT2D eigenvalue weighted by atomic mass is 16.5. The predicted molar refractivity (Wildman–Crippen MR) is 154 cm³/mol. The van der Waals surface area contributed by atoms with E-state index in [1.54, 1.807) is 4.90 Å². The van der Waals surface area contributed by atoms with E-state index in [2.05, 4.69) is 35.2 Å². The van der Waals surface area contributed by atoms with Crippen LogP contribution in [-0.2, 0) is 15.0 Å². The van der Waals surface area contributed by atoms with Crippen LogP contribution in [0.25, 0.3) is 0 Å². The molecule has 3 aromatic rings. The topological polar surface area (TPSA) is 70.1 Å². The summed E-state index contributed by atoms with van der Waals surface area (Å²) < 4.78 is 5.99. The number of carboxylic acid groups (broad SMARTS) is 1. The van der Waals surface area contributed by atoms with Crippen LogP contribution >= 0.6 is 0 Å². The lowest BCUT2D eigenvalue weighted by Crippen LogP contribution is -2.47. The van der Waals surface area contributed by atoms with E-state index < -0.39 is 11.4 Å². The number of para-hydroxylation sites is 1. The van der Waals surface area contributed by atoms with Gasteiger partial charge in [0.2, 0.25) is 5.91 Å². The van der Waals surface area contributed by atoms with Gasteiger partial charge >= 0.3 is 5.97 Å². The molecule has 6 nitrogen and oxygen atoms in total. The molecule has 1 N–H and O–H groups in total. The maximum Gasteiger partial charge on any atom is 0.303 e. The Morgan fingerprint density at radius 2 is 1.46 bits per heavy atom. The van der Waals surface area contributed by atoms with Crippen molar-refractivity contribution >= 4 is 11.9 Å². The molecule has 3 aromatic carbocycles. The first kappa shape index (κ1) is 28.4. The van der Waals surface area contributed by atoms with E-state index in [1.165, 1.54) is 5.56 Å². The van der Waals surface area contributed by atoms with Crippen molar-refractivity contribution in [2.24, 2.45) is 0 Å². The van der Waals surface area contributed by atoms with Gasteiger partial charge in [-0.15, -0.1) is 0 Å². The SMILES string of the molecule is CN(C)C(=O)C(CCN1CCC(c2ccccc2OCCCC(=O)O)CC1)(c1ccccc1)c1ccccc1. The molecular weight excluding hydrogens is 488 g/mol. The van der Waals surface area contributed by atoms with E-state index in [9.17, 15) is 9.59 Å². The number of ether oxygens (including phenoxy) is 1. The molecule has 1 saturated heterocycles. The zero-order chi connectivity index (χ0) is 27.7. The summed E-state index contributed by atoms with van der Waals surface area (Å²) >= 11 is 0. The second kappa shape index (κ2) is 13.4. The number of likely N-dealkylation sites (tertiary alicyclic amines) is 1. The van der Waals surface area contributed by atoms with Crippen LogP contribution < -0.4 is 4.74 Å². The Morgan fingerprint density at radius 3 is 2.03 bits per heavy atom. The van der Waals surface area contributed by atoms with Gasteiger partial charge in [0.05, 0.1) is 6.61 Å². The number of hydrogen-bond acceptors (Lipinski definition) is 4. The van der Waals surface area contributed by atoms with Gasteiger partial charge in [0.1, 0.15) is 11.2 Å². The average Bonchev–Trinajstić information content (AvgIpc) is 2.97. The molecular formula is C33H40N2O4. The largest absolute Gasteiger partial charge is 0.493 e. The zero-order valence-corrected chi connectivity index (χ0v) is 23.1. The molecule has 206 valence electrons. The molecule has 0 aliphatic carbocycles. The summed E-state index contributed by atoms with van der Waals surface area (Å²) in [6, 6.07) is 28.5. The second-order valence-electron chi connectivity index (χ2n) is 10.6. The first-order chi connectivity index (χ1) is 18.9. The van der Waals surface area contributed by atoms with E-state index in [-0.39, 0.29) is 12.3 Å². The highest BCUT2D eigenvalue weighted by Crippen LogP contribution is 2.39. The van der Waals surface area contributed by atoms with Crippen molar-refractivity contribution in [1.29, 1.82) is 0 Å². The van der Waals surface area contributed by atoms with Gasteiger partial charge in [0.15, 0.2) is 0 Å². The van der Waals surface area contributed by atoms with Crippen LogP contribution in [0.5, 0.6) is 5.75 Å². The van der Waals surface area contributed by atoms with Crippen molar-refractivity contribution in [3.63, 3.8) is 0 Å². The van der Waals surface area contributed by atoms with Crippen molar-refractivity contribution in [2.45, 2.75) is 43.4 Å². The maximum absolute atomic E-state index is 13.9. The number of carbonyl (C=O) groups is 2. The molecule has 0 unspecified atom stereocenters. The lowest BCUT2D eigenvalue weighted by Gasteiger charge is -2.39. The van der Waals surface area contributed by atoms with Gasteiger partial charge in [-0.05, 0) is 74.0 Å². The summed E-state index contributed by atoms with van der Waals surface area (Å²) in [5.41, 5.74) is 2.51. The summed E-state index contributed by atoms with van der Waals surface area (Å²) in [5.74, 6) is 0.567. The van der Waals surface area contributed by atoms with Gasteiger partial charge in [0, 0.05) is 20.5 Å². The molecule has 4 rings (SSSR count). The van der Waals surface area contributed by atoms with Crippen LogP contribution in [0.2, 0.25) is 0 Å². The highest BCUT2D eigenvalue weighted by Gasteiger charge is 2.43. The van der Waals surface area contributed by atoms with Gasteiger partial charge in [-0.1, -0.05) is 78.9 Å². The molecule has 1 fully saturated rings. The van der Waals surface area contributed by atoms with Gasteiger partial charge < -0.3 is 19.6 Å². The van der Waals surface area contributed by atoms with Crippen molar-refractivity contribution in [3.05, 3.63) is 102 Å². The minimum Gasteiger partial charge on any atom is -0.493 e. The summed E-state index contributed by atoms with van der Waals surface area (Å²) in [7, 11) is 3.69. The maximum atomic E-state index is 13.9. The Morgan fingerprint density at radius 1 is 0.897 bits per heavy atom. The second-order valence-corrected chi connectivity index (χ2v) is 10.6. The quantitative estimate of drug-likeness (QED) is 0.311. The van der Waals surface area contributed by atoms with E-state index in [0.717, 1.165) is 49.4 Å². The summed E-state index contributed by atoms with van der Waals surface area (Å²) in [6.45, 7) is 3.13. The van der Waals surface area contributed by atoms with E-state index in [1.807, 2.05) is 68.7 Å². The number of benzene rings is 3. The van der Waals surface area contributed by atoms with Crippen molar-refractivity contribution < 1.29 is 19.4 Å². The van der Waals surface area contributed by atoms with Crippen molar-refractivity contribution in [3.8, 4) is 5.75 Å². The number of piperidine rings is 1. The predicted octanol–water partition coefficient (Wildman–Crippen LogP) is 5.57. The molecule has 0 saturated carbocycles. The molecule has 1 aliphatic rings. The smallest absolute Gasteiger partial charge is 0.303 e. The Balaban J connectivity index is 1.46. The molecule has 0 atom stereocenters. The third-order valence-electron chi connectivity index (χ3n) is 7.85. The molecule has 0 bridgehead atoms. The Hall–Kier alpha value is -3.64. The number of carboxylic acids is 1. The van der Waals surface area contributed by atoms with Gasteiger partial charge in [-0.25, -0.2) is 0 Å². The van der Waals surface area contributed by atoms with E-state index in [4.69, 9.17) is 9.84 Å². The number of amides is 1. The summed E-state index contributed by atoms with van der Waals surface area (Å²) in [5, 5.41) is 8.89. The van der Waals surface area contributed by atoms with Crippen LogP contribution in [0.3, 0.4) is 0 Å². The Bertz CT molecular complexity index is 1170. The highest BCUT2D eigenvalue weighted by molar-refractivity contribution is 5.92. The Kier molecular flexibility index (Phi) is 9.77. The number of rotatable bonds is 12. The van der Waals surface area contributed by atoms with Gasteiger partial charge in [-0.2, -0.15) is 0 Å². The van der Waals surface area contributed by atoms with Crippen LogP contribution in [-0.4, -0.2) is 67.1 Å². The zero-order valence-electron chi connectivity index (χ0n) is 23.1. The molecule has 1 amide bonds. The Labute approximate surface area is 232 Å². The molecule has 39 heavy (non-hydrogen) atoms. The molecule has 6 heteroatoms. The van der Waals surface area contributed by atoms with E-state index in [0.29, 0.717) is 25.4 Å². The molecule has 0 radical (unpaired) electrons. The van der Waals surface area contributed by atoms with Crippen LogP contribution in [0.15, 0.2) is 84.9 Å². The van der Waals surface area contributed by atoms with E-state index >= 15 is 0 Å². The third-order valence-corrected chi connectivity index (χ3v) is 7.85. The molecule has 1 aliphatic heterocycles. The van der Waals surface area contributed by atoms with Crippen molar-refractivity contribution in [2.75, 3.05) is 40.3 Å². The normalized spacial score (nSPS) is 14.6. The standard InChI is InChI=1S/C33H40N2O4/c1-34(2)32(38)33(27-12-5-3-6-13-27,28-14-7-4-8-15-28)21-24-35-22-19-26(20-23-35)29-16-9-10-17-30(29)39-25-11-18-31(36)37/h3-10,12-17,26H,11,18-25H2,1-2H3,(H,36,37). The van der Waals surface area contributed by atoms with Crippen LogP contribution in [0, 0.1) is 0 Å².